The minimum atomic E-state index is -1.34. The number of carbonyl (C=O) groups excluding carboxylic acids is 3. The average Bonchev–Trinajstić information content (AvgIpc) is 3.99. The molecule has 4 N–H and O–H groups in total. The first-order valence-electron chi connectivity index (χ1n) is 15.8. The Morgan fingerprint density at radius 1 is 0.960 bits per heavy atom. The molecular weight excluding hydrogens is 683 g/mol. The Hall–Kier alpha value is -5.45. The van der Waals surface area contributed by atoms with E-state index < -0.39 is 28.6 Å². The van der Waals surface area contributed by atoms with Gasteiger partial charge in [-0.1, -0.05) is 35.3 Å². The molecule has 2 saturated carbocycles. The minimum absolute atomic E-state index is 0.0839. The van der Waals surface area contributed by atoms with Gasteiger partial charge in [-0.2, -0.15) is 5.26 Å². The first kappa shape index (κ1) is 33.1. The zero-order valence-corrected chi connectivity index (χ0v) is 28.2. The van der Waals surface area contributed by atoms with Crippen LogP contribution >= 0.6 is 23.2 Å². The number of hydrogen-bond donors (Lipinski definition) is 4. The van der Waals surface area contributed by atoms with Crippen molar-refractivity contribution in [3.63, 3.8) is 0 Å². The lowest BCUT2D eigenvalue weighted by molar-refractivity contribution is -0.125. The summed E-state index contributed by atoms with van der Waals surface area (Å²) in [6.07, 6.45) is 4.07. The number of pyridine rings is 1. The van der Waals surface area contributed by atoms with Gasteiger partial charge in [0.05, 0.1) is 34.7 Å². The summed E-state index contributed by atoms with van der Waals surface area (Å²) < 4.78 is 1.58. The zero-order chi connectivity index (χ0) is 35.4. The summed E-state index contributed by atoms with van der Waals surface area (Å²) in [6, 6.07) is 17.1. The Kier molecular flexibility index (Phi) is 8.04. The number of benzene rings is 2. The van der Waals surface area contributed by atoms with Gasteiger partial charge in [-0.05, 0) is 86.2 Å². The lowest BCUT2D eigenvalue weighted by Crippen LogP contribution is -2.52. The summed E-state index contributed by atoms with van der Waals surface area (Å²) in [5.41, 5.74) is -0.245. The van der Waals surface area contributed by atoms with E-state index >= 15 is 0 Å². The number of imidazole rings is 1. The number of carbonyl (C=O) groups is 4. The van der Waals surface area contributed by atoms with Crippen molar-refractivity contribution >= 4 is 58.7 Å². The molecule has 0 saturated heterocycles. The SMILES string of the molecule is C[C@@]1(Cc2ccc(C#N)cc2)C(=O)N(c2cc(Cl)cc(Cl)c2)c2ncc(C(=O)NC3(C(=O)NC4(c5cc(CNC(=O)O)ccn5)CC4)CC3)n21. The summed E-state index contributed by atoms with van der Waals surface area (Å²) in [5, 5.41) is 27.2. The summed E-state index contributed by atoms with van der Waals surface area (Å²) in [6.45, 7) is 1.81. The van der Waals surface area contributed by atoms with Crippen molar-refractivity contribution in [2.45, 2.75) is 62.2 Å². The maximum Gasteiger partial charge on any atom is 0.404 e. The summed E-state index contributed by atoms with van der Waals surface area (Å²) in [7, 11) is 0. The molecule has 13 nitrogen and oxygen atoms in total. The number of amides is 4. The molecule has 254 valence electrons. The lowest BCUT2D eigenvalue weighted by Gasteiger charge is -2.27. The highest BCUT2D eigenvalue weighted by Gasteiger charge is 2.57. The number of carboxylic acid groups (broad SMARTS) is 1. The topological polar surface area (TPSA) is 182 Å². The van der Waals surface area contributed by atoms with E-state index in [0.29, 0.717) is 58.2 Å². The normalized spacial score (nSPS) is 19.2. The van der Waals surface area contributed by atoms with Crippen LogP contribution in [0.5, 0.6) is 0 Å². The molecule has 1 aliphatic heterocycles. The molecule has 2 aromatic heterocycles. The van der Waals surface area contributed by atoms with Crippen molar-refractivity contribution in [2.24, 2.45) is 0 Å². The largest absolute Gasteiger partial charge is 0.465 e. The van der Waals surface area contributed by atoms with Crippen LogP contribution in [0.25, 0.3) is 0 Å². The molecule has 2 aromatic carbocycles. The molecule has 2 fully saturated rings. The molecule has 0 radical (unpaired) electrons. The number of halogens is 2. The van der Waals surface area contributed by atoms with E-state index in [1.807, 2.05) is 0 Å². The number of anilines is 2. The molecule has 4 aromatic rings. The van der Waals surface area contributed by atoms with Crippen LogP contribution in [0.4, 0.5) is 16.4 Å². The second-order valence-electron chi connectivity index (χ2n) is 13.1. The van der Waals surface area contributed by atoms with Crippen LogP contribution in [0.1, 0.15) is 65.5 Å². The van der Waals surface area contributed by atoms with Gasteiger partial charge in [0.2, 0.25) is 11.9 Å². The molecule has 15 heteroatoms. The Morgan fingerprint density at radius 3 is 2.28 bits per heavy atom. The van der Waals surface area contributed by atoms with Crippen LogP contribution in [0.2, 0.25) is 10.0 Å². The van der Waals surface area contributed by atoms with E-state index in [4.69, 9.17) is 28.3 Å². The van der Waals surface area contributed by atoms with E-state index in [0.717, 1.165) is 5.56 Å². The Morgan fingerprint density at radius 2 is 1.66 bits per heavy atom. The molecule has 50 heavy (non-hydrogen) atoms. The van der Waals surface area contributed by atoms with Gasteiger partial charge >= 0.3 is 6.09 Å². The van der Waals surface area contributed by atoms with Crippen molar-refractivity contribution in [1.82, 2.24) is 30.5 Å². The average molecular weight is 714 g/mol. The van der Waals surface area contributed by atoms with Gasteiger partial charge in [0.1, 0.15) is 16.8 Å². The van der Waals surface area contributed by atoms with Gasteiger partial charge in [-0.25, -0.2) is 14.7 Å². The molecule has 0 unspecified atom stereocenters. The van der Waals surface area contributed by atoms with Crippen molar-refractivity contribution < 1.29 is 24.3 Å². The van der Waals surface area contributed by atoms with E-state index in [-0.39, 0.29) is 36.4 Å². The highest BCUT2D eigenvalue weighted by Crippen LogP contribution is 2.48. The Labute approximate surface area is 296 Å². The molecule has 7 rings (SSSR count). The second-order valence-corrected chi connectivity index (χ2v) is 14.0. The number of nitriles is 1. The second kappa shape index (κ2) is 12.2. The van der Waals surface area contributed by atoms with Gasteiger partial charge in [-0.15, -0.1) is 0 Å². The molecule has 1 atom stereocenters. The molecular formula is C35H30Cl2N8O5. The predicted octanol–water partition coefficient (Wildman–Crippen LogP) is 4.93. The van der Waals surface area contributed by atoms with E-state index in [9.17, 15) is 24.4 Å². The summed E-state index contributed by atoms with van der Waals surface area (Å²) in [4.78, 5) is 63.6. The van der Waals surface area contributed by atoms with Gasteiger partial charge < -0.3 is 21.1 Å². The number of rotatable bonds is 10. The molecule has 0 bridgehead atoms. The number of fused-ring (bicyclic) bond motifs is 1. The zero-order valence-electron chi connectivity index (χ0n) is 26.7. The van der Waals surface area contributed by atoms with Gasteiger partial charge in [0, 0.05) is 29.2 Å². The fourth-order valence-corrected chi connectivity index (χ4v) is 6.98. The van der Waals surface area contributed by atoms with Crippen LogP contribution in [0, 0.1) is 11.3 Å². The van der Waals surface area contributed by atoms with E-state index in [1.165, 1.54) is 11.1 Å². The first-order valence-corrected chi connectivity index (χ1v) is 16.6. The minimum Gasteiger partial charge on any atom is -0.465 e. The number of aromatic nitrogens is 3. The third-order valence-corrected chi connectivity index (χ3v) is 9.91. The Bertz CT molecular complexity index is 2100. The molecule has 2 aliphatic carbocycles. The maximum absolute atomic E-state index is 14.4. The van der Waals surface area contributed by atoms with Crippen molar-refractivity contribution in [3.05, 3.63) is 105 Å². The number of hydrogen-bond acceptors (Lipinski definition) is 7. The van der Waals surface area contributed by atoms with Crippen molar-refractivity contribution in [3.8, 4) is 6.07 Å². The highest BCUT2D eigenvalue weighted by atomic mass is 35.5. The van der Waals surface area contributed by atoms with E-state index in [2.05, 4.69) is 32.0 Å². The number of nitrogens with zero attached hydrogens (tertiary/aromatic N) is 5. The van der Waals surface area contributed by atoms with Crippen molar-refractivity contribution in [2.75, 3.05) is 4.90 Å². The summed E-state index contributed by atoms with van der Waals surface area (Å²) >= 11 is 12.6. The summed E-state index contributed by atoms with van der Waals surface area (Å²) in [5.74, 6) is -1.12. The quantitative estimate of drug-likeness (QED) is 0.179. The molecule has 3 aliphatic rings. The van der Waals surface area contributed by atoms with E-state index in [1.54, 1.807) is 72.3 Å². The predicted molar refractivity (Wildman–Crippen MR) is 182 cm³/mol. The molecule has 4 amide bonds. The van der Waals surface area contributed by atoms with Gasteiger partial charge in [0.25, 0.3) is 11.8 Å². The lowest BCUT2D eigenvalue weighted by atomic mass is 9.91. The smallest absolute Gasteiger partial charge is 0.404 e. The third-order valence-electron chi connectivity index (χ3n) is 9.47. The number of nitrogens with one attached hydrogen (secondary N) is 3. The van der Waals surface area contributed by atoms with Gasteiger partial charge in [-0.3, -0.25) is 23.9 Å². The van der Waals surface area contributed by atoms with Crippen LogP contribution in [0.15, 0.2) is 67.0 Å². The maximum atomic E-state index is 14.4. The monoisotopic (exact) mass is 712 g/mol. The van der Waals surface area contributed by atoms with Crippen molar-refractivity contribution in [1.29, 1.82) is 5.26 Å². The fraction of sp³-hybridized carbons (Fsp3) is 0.286. The Balaban J connectivity index is 1.17. The standard InChI is InChI=1S/C35H30Cl2N8O5/c1-33(16-20-2-4-21(17-38)5-3-20)30(48)44(25-14-23(36)13-24(37)15-25)31-40-19-26(45(31)33)28(46)42-35(9-10-35)29(47)43-34(7-8-34)27-12-22(6-11-39-27)18-41-32(49)50/h2-6,11-15,19,41H,7-10,16,18H2,1H3,(H,42,46)(H,43,47)(H,49,50)/t33-/m1/s1. The highest BCUT2D eigenvalue weighted by molar-refractivity contribution is 6.35. The van der Waals surface area contributed by atoms with Crippen LogP contribution in [-0.2, 0) is 33.6 Å². The third kappa shape index (κ3) is 5.90. The molecule has 3 heterocycles. The van der Waals surface area contributed by atoms with Gasteiger partial charge in [0.15, 0.2) is 0 Å². The van der Waals surface area contributed by atoms with Crippen LogP contribution in [0.3, 0.4) is 0 Å². The first-order chi connectivity index (χ1) is 23.9. The molecule has 0 spiro atoms. The fourth-order valence-electron chi connectivity index (χ4n) is 6.47. The van der Waals surface area contributed by atoms with Crippen LogP contribution in [-0.4, -0.2) is 49.0 Å². The van der Waals surface area contributed by atoms with Crippen LogP contribution < -0.4 is 20.9 Å².